The molecule has 0 radical (unpaired) electrons. The number of hydrogen-bond donors (Lipinski definition) is 1. The number of hydrogen-bond acceptors (Lipinski definition) is 4. The molecule has 1 aromatic heterocycles. The quantitative estimate of drug-likeness (QED) is 0.334. The highest BCUT2D eigenvalue weighted by Crippen LogP contribution is 2.26. The first-order valence-corrected chi connectivity index (χ1v) is 11.5. The first kappa shape index (κ1) is 23.3. The topological polar surface area (TPSA) is 69.1 Å². The SMILES string of the molecule is COC(=O)C(C#N)Cc1c(CCN(Cc2ccccc2)Cc2ccccc2)[nH]c2ccccc12. The van der Waals surface area contributed by atoms with Gasteiger partial charge >= 0.3 is 5.97 Å². The molecule has 0 aliphatic rings. The zero-order chi connectivity index (χ0) is 23.8. The Morgan fingerprint density at radius 3 is 2.12 bits per heavy atom. The van der Waals surface area contributed by atoms with Gasteiger partial charge in [0.15, 0.2) is 0 Å². The number of methoxy groups -OCH3 is 1. The van der Waals surface area contributed by atoms with Gasteiger partial charge in [-0.1, -0.05) is 78.9 Å². The van der Waals surface area contributed by atoms with Crippen LogP contribution in [0.5, 0.6) is 0 Å². The van der Waals surface area contributed by atoms with E-state index in [9.17, 15) is 10.1 Å². The van der Waals surface area contributed by atoms with E-state index >= 15 is 0 Å². The van der Waals surface area contributed by atoms with Gasteiger partial charge in [-0.15, -0.1) is 0 Å². The molecule has 0 saturated carbocycles. The number of esters is 1. The molecule has 5 nitrogen and oxygen atoms in total. The van der Waals surface area contributed by atoms with Gasteiger partial charge in [-0.2, -0.15) is 5.26 Å². The van der Waals surface area contributed by atoms with Gasteiger partial charge in [0.1, 0.15) is 5.92 Å². The van der Waals surface area contributed by atoms with E-state index in [2.05, 4.69) is 64.5 Å². The number of benzene rings is 3. The van der Waals surface area contributed by atoms with Gasteiger partial charge in [-0.05, 0) is 22.8 Å². The highest BCUT2D eigenvalue weighted by Gasteiger charge is 2.23. The Balaban J connectivity index is 1.59. The summed E-state index contributed by atoms with van der Waals surface area (Å²) in [6.45, 7) is 2.52. The van der Waals surface area contributed by atoms with Crippen LogP contribution in [0.4, 0.5) is 0 Å². The van der Waals surface area contributed by atoms with E-state index in [1.807, 2.05) is 36.4 Å². The minimum atomic E-state index is -0.826. The number of ether oxygens (including phenoxy) is 1. The third kappa shape index (κ3) is 5.72. The number of para-hydroxylation sites is 1. The standard InChI is InChI=1S/C29H29N3O2/c1-34-29(33)24(19-30)18-26-25-14-8-9-15-27(25)31-28(26)16-17-32(20-22-10-4-2-5-11-22)21-23-12-6-3-7-13-23/h2-15,24,31H,16-18,20-21H2,1H3. The number of nitrogens with one attached hydrogen (secondary N) is 1. The molecule has 34 heavy (non-hydrogen) atoms. The Morgan fingerprint density at radius 2 is 1.53 bits per heavy atom. The summed E-state index contributed by atoms with van der Waals surface area (Å²) in [4.78, 5) is 18.1. The van der Waals surface area contributed by atoms with E-state index in [-0.39, 0.29) is 0 Å². The van der Waals surface area contributed by atoms with Crippen molar-refractivity contribution in [2.24, 2.45) is 5.92 Å². The van der Waals surface area contributed by atoms with Crippen LogP contribution in [0.3, 0.4) is 0 Å². The molecule has 4 rings (SSSR count). The number of aromatic amines is 1. The highest BCUT2D eigenvalue weighted by molar-refractivity contribution is 5.86. The van der Waals surface area contributed by atoms with E-state index in [0.29, 0.717) is 6.42 Å². The first-order chi connectivity index (χ1) is 16.7. The fraction of sp³-hybridized carbons (Fsp3) is 0.241. The van der Waals surface area contributed by atoms with Crippen molar-refractivity contribution in [1.82, 2.24) is 9.88 Å². The van der Waals surface area contributed by atoms with E-state index in [4.69, 9.17) is 4.74 Å². The van der Waals surface area contributed by atoms with Crippen LogP contribution in [0, 0.1) is 17.2 Å². The van der Waals surface area contributed by atoms with Crippen LogP contribution in [0.15, 0.2) is 84.9 Å². The van der Waals surface area contributed by atoms with Gasteiger partial charge in [-0.3, -0.25) is 9.69 Å². The summed E-state index contributed by atoms with van der Waals surface area (Å²) in [6, 6.07) is 31.1. The summed E-state index contributed by atoms with van der Waals surface area (Å²) < 4.78 is 4.86. The predicted octanol–water partition coefficient (Wildman–Crippen LogP) is 5.27. The lowest BCUT2D eigenvalue weighted by molar-refractivity contribution is -0.143. The molecular weight excluding hydrogens is 422 g/mol. The molecule has 172 valence electrons. The number of nitrogens with zero attached hydrogens (tertiary/aromatic N) is 2. The number of aromatic nitrogens is 1. The van der Waals surface area contributed by atoms with Gasteiger partial charge in [-0.25, -0.2) is 0 Å². The average molecular weight is 452 g/mol. The molecule has 0 aliphatic heterocycles. The molecule has 1 atom stereocenters. The van der Waals surface area contributed by atoms with Crippen LogP contribution in [0.25, 0.3) is 10.9 Å². The van der Waals surface area contributed by atoms with Crippen molar-refractivity contribution in [3.05, 3.63) is 107 Å². The molecule has 0 bridgehead atoms. The monoisotopic (exact) mass is 451 g/mol. The van der Waals surface area contributed by atoms with E-state index in [1.54, 1.807) is 0 Å². The molecule has 0 saturated heterocycles. The normalized spacial score (nSPS) is 11.9. The van der Waals surface area contributed by atoms with Crippen LogP contribution in [0.2, 0.25) is 0 Å². The number of fused-ring (bicyclic) bond motifs is 1. The van der Waals surface area contributed by atoms with Gasteiger partial charge < -0.3 is 9.72 Å². The molecule has 0 fully saturated rings. The zero-order valence-corrected chi connectivity index (χ0v) is 19.4. The Morgan fingerprint density at radius 1 is 0.941 bits per heavy atom. The summed E-state index contributed by atoms with van der Waals surface area (Å²) in [7, 11) is 1.33. The lowest BCUT2D eigenvalue weighted by atomic mass is 9.97. The van der Waals surface area contributed by atoms with E-state index in [1.165, 1.54) is 18.2 Å². The lowest BCUT2D eigenvalue weighted by Crippen LogP contribution is -2.26. The van der Waals surface area contributed by atoms with Crippen molar-refractivity contribution >= 4 is 16.9 Å². The number of carbonyl (C=O) groups is 1. The minimum Gasteiger partial charge on any atom is -0.468 e. The smallest absolute Gasteiger partial charge is 0.323 e. The maximum atomic E-state index is 12.1. The Labute approximate surface area is 200 Å². The van der Waals surface area contributed by atoms with Crippen LogP contribution in [0.1, 0.15) is 22.4 Å². The minimum absolute atomic E-state index is 0.333. The molecule has 1 heterocycles. The molecule has 0 aliphatic carbocycles. The number of nitriles is 1. The second-order valence-corrected chi connectivity index (χ2v) is 8.47. The summed E-state index contributed by atoms with van der Waals surface area (Å²) >= 11 is 0. The summed E-state index contributed by atoms with van der Waals surface area (Å²) in [5.74, 6) is -1.32. The van der Waals surface area contributed by atoms with Gasteiger partial charge in [0, 0.05) is 49.1 Å². The van der Waals surface area contributed by atoms with E-state index < -0.39 is 11.9 Å². The van der Waals surface area contributed by atoms with Crippen molar-refractivity contribution in [1.29, 1.82) is 5.26 Å². The van der Waals surface area contributed by atoms with Crippen LogP contribution in [-0.4, -0.2) is 29.5 Å². The van der Waals surface area contributed by atoms with Crippen molar-refractivity contribution < 1.29 is 9.53 Å². The fourth-order valence-electron chi connectivity index (χ4n) is 4.40. The van der Waals surface area contributed by atoms with Crippen molar-refractivity contribution in [2.45, 2.75) is 25.9 Å². The lowest BCUT2D eigenvalue weighted by Gasteiger charge is -2.23. The first-order valence-electron chi connectivity index (χ1n) is 11.5. The molecular formula is C29H29N3O2. The maximum Gasteiger partial charge on any atom is 0.323 e. The largest absolute Gasteiger partial charge is 0.468 e. The third-order valence-electron chi connectivity index (χ3n) is 6.13. The molecule has 3 aromatic carbocycles. The summed E-state index contributed by atoms with van der Waals surface area (Å²) in [5.41, 5.74) is 5.64. The Kier molecular flexibility index (Phi) is 7.75. The number of rotatable bonds is 10. The summed E-state index contributed by atoms with van der Waals surface area (Å²) in [5, 5.41) is 10.6. The van der Waals surface area contributed by atoms with E-state index in [0.717, 1.165) is 48.2 Å². The van der Waals surface area contributed by atoms with Crippen molar-refractivity contribution in [2.75, 3.05) is 13.7 Å². The molecule has 1 unspecified atom stereocenters. The Hall–Kier alpha value is -3.88. The molecule has 4 aromatic rings. The average Bonchev–Trinajstić information content (AvgIpc) is 3.23. The third-order valence-corrected chi connectivity index (χ3v) is 6.13. The molecule has 0 spiro atoms. The molecule has 0 amide bonds. The number of carbonyl (C=O) groups excluding carboxylic acids is 1. The fourth-order valence-corrected chi connectivity index (χ4v) is 4.40. The van der Waals surface area contributed by atoms with Crippen molar-refractivity contribution in [3.8, 4) is 6.07 Å². The number of H-pyrrole nitrogens is 1. The van der Waals surface area contributed by atoms with Gasteiger partial charge in [0.05, 0.1) is 13.2 Å². The Bertz CT molecular complexity index is 1220. The van der Waals surface area contributed by atoms with Crippen LogP contribution >= 0.6 is 0 Å². The van der Waals surface area contributed by atoms with Gasteiger partial charge in [0.2, 0.25) is 0 Å². The second-order valence-electron chi connectivity index (χ2n) is 8.47. The zero-order valence-electron chi connectivity index (χ0n) is 19.4. The molecule has 1 N–H and O–H groups in total. The van der Waals surface area contributed by atoms with Crippen LogP contribution < -0.4 is 0 Å². The second kappa shape index (κ2) is 11.3. The van der Waals surface area contributed by atoms with Gasteiger partial charge in [0.25, 0.3) is 0 Å². The van der Waals surface area contributed by atoms with Crippen LogP contribution in [-0.2, 0) is 35.5 Å². The van der Waals surface area contributed by atoms with Crippen molar-refractivity contribution in [3.63, 3.8) is 0 Å². The molecule has 5 heteroatoms. The predicted molar refractivity (Wildman–Crippen MR) is 134 cm³/mol. The summed E-state index contributed by atoms with van der Waals surface area (Å²) in [6.07, 6.45) is 1.11. The highest BCUT2D eigenvalue weighted by atomic mass is 16.5. The maximum absolute atomic E-state index is 12.1.